The largest absolute Gasteiger partial charge is 0.298 e. The molecule has 18 heavy (non-hydrogen) atoms. The number of aliphatic imine (C=N–C) groups is 1. The van der Waals surface area contributed by atoms with Crippen LogP contribution in [0.2, 0.25) is 0 Å². The van der Waals surface area contributed by atoms with Crippen molar-refractivity contribution in [3.8, 4) is 0 Å². The van der Waals surface area contributed by atoms with Gasteiger partial charge < -0.3 is 0 Å². The van der Waals surface area contributed by atoms with E-state index in [9.17, 15) is 4.79 Å². The zero-order chi connectivity index (χ0) is 12.4. The first-order valence-corrected chi connectivity index (χ1v) is 6.55. The van der Waals surface area contributed by atoms with Crippen LogP contribution in [-0.2, 0) is 6.42 Å². The lowest BCUT2D eigenvalue weighted by Gasteiger charge is -2.00. The molecule has 0 amide bonds. The number of benzene rings is 2. The van der Waals surface area contributed by atoms with Gasteiger partial charge in [-0.2, -0.15) is 0 Å². The van der Waals surface area contributed by atoms with Crippen molar-refractivity contribution >= 4 is 28.8 Å². The molecule has 3 rings (SSSR count). The van der Waals surface area contributed by atoms with Crippen molar-refractivity contribution in [1.29, 1.82) is 0 Å². The summed E-state index contributed by atoms with van der Waals surface area (Å²) in [4.78, 5) is 16.3. The van der Waals surface area contributed by atoms with Crippen LogP contribution in [0.5, 0.6) is 0 Å². The third-order valence-electron chi connectivity index (χ3n) is 2.83. The van der Waals surface area contributed by atoms with E-state index in [4.69, 9.17) is 0 Å². The van der Waals surface area contributed by atoms with E-state index in [1.54, 1.807) is 11.8 Å². The van der Waals surface area contributed by atoms with Crippen molar-refractivity contribution < 1.29 is 4.79 Å². The minimum absolute atomic E-state index is 0.705. The number of hydrogen-bond donors (Lipinski definition) is 0. The van der Waals surface area contributed by atoms with Gasteiger partial charge in [0.1, 0.15) is 6.29 Å². The lowest BCUT2D eigenvalue weighted by Crippen LogP contribution is -1.91. The van der Waals surface area contributed by atoms with Crippen LogP contribution in [0, 0.1) is 0 Å². The standard InChI is InChI=1S/C15H11NOS/c17-10-11-5-7-13(8-6-11)18-15-9-12-3-1-2-4-14(12)16-15/h1-8,10H,9H2. The van der Waals surface area contributed by atoms with Crippen LogP contribution in [0.25, 0.3) is 0 Å². The summed E-state index contributed by atoms with van der Waals surface area (Å²) in [6, 6.07) is 15.8. The third-order valence-corrected chi connectivity index (χ3v) is 3.81. The van der Waals surface area contributed by atoms with Gasteiger partial charge in [0.15, 0.2) is 0 Å². The summed E-state index contributed by atoms with van der Waals surface area (Å²) in [7, 11) is 0. The van der Waals surface area contributed by atoms with Crippen molar-refractivity contribution in [1.82, 2.24) is 0 Å². The molecule has 1 aliphatic rings. The van der Waals surface area contributed by atoms with Crippen LogP contribution >= 0.6 is 11.8 Å². The third kappa shape index (κ3) is 2.22. The van der Waals surface area contributed by atoms with Crippen molar-refractivity contribution in [3.63, 3.8) is 0 Å². The summed E-state index contributed by atoms with van der Waals surface area (Å²) in [5.74, 6) is 0. The lowest BCUT2D eigenvalue weighted by atomic mass is 10.2. The summed E-state index contributed by atoms with van der Waals surface area (Å²) < 4.78 is 0. The molecule has 2 aromatic rings. The molecular weight excluding hydrogens is 242 g/mol. The summed E-state index contributed by atoms with van der Waals surface area (Å²) >= 11 is 1.66. The maximum absolute atomic E-state index is 10.6. The molecule has 0 unspecified atom stereocenters. The molecule has 0 atom stereocenters. The molecule has 0 saturated heterocycles. The molecule has 88 valence electrons. The summed E-state index contributed by atoms with van der Waals surface area (Å²) in [6.45, 7) is 0. The molecule has 0 radical (unpaired) electrons. The molecule has 2 nitrogen and oxygen atoms in total. The second-order valence-electron chi connectivity index (χ2n) is 4.10. The number of aldehydes is 1. The van der Waals surface area contributed by atoms with Gasteiger partial charge in [-0.1, -0.05) is 42.1 Å². The maximum Gasteiger partial charge on any atom is 0.150 e. The maximum atomic E-state index is 10.6. The second-order valence-corrected chi connectivity index (χ2v) is 5.25. The number of thioether (sulfide) groups is 1. The molecule has 0 N–H and O–H groups in total. The van der Waals surface area contributed by atoms with Gasteiger partial charge in [0.25, 0.3) is 0 Å². The highest BCUT2D eigenvalue weighted by atomic mass is 32.2. The van der Waals surface area contributed by atoms with E-state index in [0.29, 0.717) is 5.56 Å². The minimum atomic E-state index is 0.705. The van der Waals surface area contributed by atoms with Crippen LogP contribution < -0.4 is 0 Å². The molecule has 0 saturated carbocycles. The summed E-state index contributed by atoms with van der Waals surface area (Å²) in [6.07, 6.45) is 1.76. The first kappa shape index (κ1) is 11.2. The minimum Gasteiger partial charge on any atom is -0.298 e. The van der Waals surface area contributed by atoms with Gasteiger partial charge in [0, 0.05) is 16.9 Å². The van der Waals surface area contributed by atoms with Crippen LogP contribution in [0.15, 0.2) is 58.4 Å². The Balaban J connectivity index is 1.77. The Morgan fingerprint density at radius 1 is 1.06 bits per heavy atom. The second kappa shape index (κ2) is 4.78. The smallest absolute Gasteiger partial charge is 0.150 e. The Bertz CT molecular complexity index is 617. The number of nitrogens with zero attached hydrogens (tertiary/aromatic N) is 1. The van der Waals surface area contributed by atoms with Gasteiger partial charge in [-0.15, -0.1) is 0 Å². The Morgan fingerprint density at radius 3 is 2.56 bits per heavy atom. The van der Waals surface area contributed by atoms with Gasteiger partial charge >= 0.3 is 0 Å². The van der Waals surface area contributed by atoms with E-state index in [-0.39, 0.29) is 0 Å². The fraction of sp³-hybridized carbons (Fsp3) is 0.0667. The summed E-state index contributed by atoms with van der Waals surface area (Å²) in [5.41, 5.74) is 3.06. The zero-order valence-corrected chi connectivity index (χ0v) is 10.5. The zero-order valence-electron chi connectivity index (χ0n) is 9.67. The highest BCUT2D eigenvalue weighted by Gasteiger charge is 2.14. The van der Waals surface area contributed by atoms with Crippen molar-refractivity contribution in [3.05, 3.63) is 59.7 Å². The van der Waals surface area contributed by atoms with Crippen molar-refractivity contribution in [2.45, 2.75) is 11.3 Å². The molecule has 0 spiro atoms. The predicted octanol–water partition coefficient (Wildman–Crippen LogP) is 3.88. The van der Waals surface area contributed by atoms with Crippen LogP contribution in [0.1, 0.15) is 15.9 Å². The Hall–Kier alpha value is -1.87. The van der Waals surface area contributed by atoms with Crippen molar-refractivity contribution in [2.75, 3.05) is 0 Å². The first-order valence-electron chi connectivity index (χ1n) is 5.74. The molecule has 0 aliphatic carbocycles. The number of para-hydroxylation sites is 1. The monoisotopic (exact) mass is 253 g/mol. The normalized spacial score (nSPS) is 13.0. The molecule has 0 aromatic heterocycles. The van der Waals surface area contributed by atoms with Crippen LogP contribution in [0.3, 0.4) is 0 Å². The van der Waals surface area contributed by atoms with Crippen LogP contribution in [-0.4, -0.2) is 11.3 Å². The number of fused-ring (bicyclic) bond motifs is 1. The lowest BCUT2D eigenvalue weighted by molar-refractivity contribution is 0.112. The van der Waals surface area contributed by atoms with E-state index < -0.39 is 0 Å². The van der Waals surface area contributed by atoms with E-state index in [0.717, 1.165) is 28.3 Å². The summed E-state index contributed by atoms with van der Waals surface area (Å²) in [5, 5.41) is 1.11. The first-order chi connectivity index (χ1) is 8.85. The van der Waals surface area contributed by atoms with Gasteiger partial charge in [-0.25, -0.2) is 4.99 Å². The van der Waals surface area contributed by atoms with E-state index in [1.165, 1.54) is 5.56 Å². The molecule has 0 bridgehead atoms. The number of carbonyl (C=O) groups excluding carboxylic acids is 1. The van der Waals surface area contributed by atoms with E-state index in [2.05, 4.69) is 11.1 Å². The molecule has 1 heterocycles. The van der Waals surface area contributed by atoms with E-state index in [1.807, 2.05) is 42.5 Å². The predicted molar refractivity (Wildman–Crippen MR) is 74.9 cm³/mol. The molecule has 2 aromatic carbocycles. The van der Waals surface area contributed by atoms with E-state index >= 15 is 0 Å². The fourth-order valence-corrected chi connectivity index (χ4v) is 2.83. The molecule has 1 aliphatic heterocycles. The molecule has 3 heteroatoms. The Labute approximate surface area is 110 Å². The quantitative estimate of drug-likeness (QED) is 0.760. The number of carbonyl (C=O) groups is 1. The Morgan fingerprint density at radius 2 is 1.83 bits per heavy atom. The topological polar surface area (TPSA) is 29.4 Å². The van der Waals surface area contributed by atoms with Gasteiger partial charge in [-0.05, 0) is 23.8 Å². The highest BCUT2D eigenvalue weighted by molar-refractivity contribution is 8.14. The SMILES string of the molecule is O=Cc1ccc(SC2=Nc3ccccc3C2)cc1. The van der Waals surface area contributed by atoms with Crippen molar-refractivity contribution in [2.24, 2.45) is 4.99 Å². The number of hydrogen-bond acceptors (Lipinski definition) is 3. The Kier molecular flexibility index (Phi) is 2.99. The van der Waals surface area contributed by atoms with Gasteiger partial charge in [0.2, 0.25) is 0 Å². The van der Waals surface area contributed by atoms with Gasteiger partial charge in [0.05, 0.1) is 10.7 Å². The average Bonchev–Trinajstić information content (AvgIpc) is 2.82. The molecular formula is C15H11NOS. The fourth-order valence-electron chi connectivity index (χ4n) is 1.92. The highest BCUT2D eigenvalue weighted by Crippen LogP contribution is 2.32. The van der Waals surface area contributed by atoms with Gasteiger partial charge in [-0.3, -0.25) is 4.79 Å². The average molecular weight is 253 g/mol. The van der Waals surface area contributed by atoms with Crippen LogP contribution in [0.4, 0.5) is 5.69 Å². The number of rotatable bonds is 2. The molecule has 0 fully saturated rings.